The highest BCUT2D eigenvalue weighted by atomic mass is 35.5. The first-order valence-electron chi connectivity index (χ1n) is 7.88. The molecule has 0 saturated carbocycles. The molecule has 27 heavy (non-hydrogen) atoms. The average Bonchev–Trinajstić information content (AvgIpc) is 2.55. The molecule has 1 N–H and O–H groups in total. The number of alkyl halides is 2. The van der Waals surface area contributed by atoms with Crippen LogP contribution in [0.3, 0.4) is 0 Å². The first-order chi connectivity index (χ1) is 12.7. The van der Waals surface area contributed by atoms with Crippen LogP contribution >= 0.6 is 23.4 Å². The molecule has 0 fully saturated rings. The van der Waals surface area contributed by atoms with Crippen molar-refractivity contribution in [2.75, 3.05) is 5.32 Å². The number of thioether (sulfide) groups is 1. The lowest BCUT2D eigenvalue weighted by Crippen LogP contribution is -2.30. The molecule has 1 aromatic heterocycles. The molecule has 0 spiro atoms. The van der Waals surface area contributed by atoms with Gasteiger partial charge in [-0.2, -0.15) is 8.78 Å². The Morgan fingerprint density at radius 2 is 1.85 bits per heavy atom. The molecule has 0 aliphatic carbocycles. The van der Waals surface area contributed by atoms with Gasteiger partial charge in [0.15, 0.2) is 6.10 Å². The van der Waals surface area contributed by atoms with Crippen LogP contribution in [0.15, 0.2) is 35.2 Å². The zero-order valence-electron chi connectivity index (χ0n) is 14.8. The Morgan fingerprint density at radius 1 is 1.22 bits per heavy atom. The van der Waals surface area contributed by atoms with Crippen LogP contribution in [0.1, 0.15) is 28.5 Å². The maximum atomic E-state index is 12.3. The monoisotopic (exact) mass is 414 g/mol. The Morgan fingerprint density at radius 3 is 2.41 bits per heavy atom. The molecule has 1 atom stereocenters. The quantitative estimate of drug-likeness (QED) is 0.415. The van der Waals surface area contributed by atoms with Gasteiger partial charge in [-0.25, -0.2) is 9.78 Å². The summed E-state index contributed by atoms with van der Waals surface area (Å²) in [5.74, 6) is -3.83. The minimum absolute atomic E-state index is 0.0113. The SMILES string of the molecule is Cc1cc(C)c(C(=O)O[C@@H](C)C(=O)Nc2ccc(SC(F)F)cc2)c(Cl)n1. The molecule has 0 bridgehead atoms. The number of aryl methyl sites for hydroxylation is 2. The van der Waals surface area contributed by atoms with Crippen molar-refractivity contribution in [1.29, 1.82) is 0 Å². The summed E-state index contributed by atoms with van der Waals surface area (Å²) in [6, 6.07) is 7.59. The number of pyridine rings is 1. The third kappa shape index (κ3) is 5.90. The van der Waals surface area contributed by atoms with Gasteiger partial charge in [0.1, 0.15) is 5.15 Å². The van der Waals surface area contributed by atoms with Gasteiger partial charge in [-0.1, -0.05) is 23.4 Å². The molecular weight excluding hydrogens is 398 g/mol. The number of rotatable bonds is 6. The highest BCUT2D eigenvalue weighted by molar-refractivity contribution is 7.99. The van der Waals surface area contributed by atoms with Crippen molar-refractivity contribution in [3.8, 4) is 0 Å². The Labute approximate surface area is 164 Å². The van der Waals surface area contributed by atoms with Crippen LogP contribution in [0.2, 0.25) is 5.15 Å². The summed E-state index contributed by atoms with van der Waals surface area (Å²) in [6.07, 6.45) is -1.09. The molecule has 144 valence electrons. The summed E-state index contributed by atoms with van der Waals surface area (Å²) in [7, 11) is 0. The van der Waals surface area contributed by atoms with Gasteiger partial charge in [-0.3, -0.25) is 4.79 Å². The van der Waals surface area contributed by atoms with Crippen LogP contribution in [0.4, 0.5) is 14.5 Å². The van der Waals surface area contributed by atoms with Gasteiger partial charge in [-0.05, 0) is 56.7 Å². The summed E-state index contributed by atoms with van der Waals surface area (Å²) >= 11 is 6.41. The number of amides is 1. The fourth-order valence-corrected chi connectivity index (χ4v) is 3.13. The minimum atomic E-state index is -2.52. The number of carbonyl (C=O) groups excluding carboxylic acids is 2. The standard InChI is InChI=1S/C18H17ClF2N2O3S/c1-9-8-10(2)22-15(19)14(9)17(25)26-11(3)16(24)23-12-4-6-13(7-5-12)27-18(20)21/h4-8,11,18H,1-3H3,(H,23,24)/t11-/m0/s1. The normalized spacial score (nSPS) is 12.0. The molecule has 0 unspecified atom stereocenters. The summed E-state index contributed by atoms with van der Waals surface area (Å²) in [5, 5.41) is 2.57. The van der Waals surface area contributed by atoms with E-state index in [2.05, 4.69) is 10.3 Å². The number of halogens is 3. The molecule has 0 aliphatic rings. The first kappa shape index (κ1) is 21.1. The number of hydrogen-bond acceptors (Lipinski definition) is 5. The molecule has 5 nitrogen and oxygen atoms in total. The lowest BCUT2D eigenvalue weighted by Gasteiger charge is -2.15. The van der Waals surface area contributed by atoms with E-state index in [0.29, 0.717) is 33.6 Å². The summed E-state index contributed by atoms with van der Waals surface area (Å²) in [5.41, 5.74) is 1.76. The van der Waals surface area contributed by atoms with Crippen LogP contribution < -0.4 is 5.32 Å². The summed E-state index contributed by atoms with van der Waals surface area (Å²) in [6.45, 7) is 4.86. The average molecular weight is 415 g/mol. The van der Waals surface area contributed by atoms with E-state index < -0.39 is 23.7 Å². The second-order valence-electron chi connectivity index (χ2n) is 5.69. The van der Waals surface area contributed by atoms with Gasteiger partial charge < -0.3 is 10.1 Å². The van der Waals surface area contributed by atoms with Gasteiger partial charge in [0, 0.05) is 16.3 Å². The van der Waals surface area contributed by atoms with Crippen molar-refractivity contribution in [3.63, 3.8) is 0 Å². The largest absolute Gasteiger partial charge is 0.449 e. The van der Waals surface area contributed by atoms with Crippen molar-refractivity contribution < 1.29 is 23.1 Å². The van der Waals surface area contributed by atoms with E-state index in [-0.39, 0.29) is 10.7 Å². The summed E-state index contributed by atoms with van der Waals surface area (Å²) in [4.78, 5) is 28.9. The highest BCUT2D eigenvalue weighted by Gasteiger charge is 2.23. The molecule has 1 heterocycles. The third-order valence-electron chi connectivity index (χ3n) is 3.50. The molecule has 2 aromatic rings. The fraction of sp³-hybridized carbons (Fsp3) is 0.278. The number of ether oxygens (including phenoxy) is 1. The van der Waals surface area contributed by atoms with E-state index in [1.165, 1.54) is 31.2 Å². The number of anilines is 1. The number of nitrogens with zero attached hydrogens (tertiary/aromatic N) is 1. The van der Waals surface area contributed by atoms with Crippen molar-refractivity contribution in [1.82, 2.24) is 4.98 Å². The van der Waals surface area contributed by atoms with E-state index in [4.69, 9.17) is 16.3 Å². The zero-order valence-corrected chi connectivity index (χ0v) is 16.3. The number of hydrogen-bond donors (Lipinski definition) is 1. The Kier molecular flexibility index (Phi) is 7.15. The second kappa shape index (κ2) is 9.14. The van der Waals surface area contributed by atoms with Crippen LogP contribution in [-0.2, 0) is 9.53 Å². The number of benzene rings is 1. The van der Waals surface area contributed by atoms with Crippen molar-refractivity contribution >= 4 is 40.9 Å². The van der Waals surface area contributed by atoms with Crippen molar-refractivity contribution in [2.45, 2.75) is 37.5 Å². The molecule has 9 heteroatoms. The van der Waals surface area contributed by atoms with Crippen LogP contribution in [0.25, 0.3) is 0 Å². The molecule has 0 radical (unpaired) electrons. The molecule has 2 rings (SSSR count). The van der Waals surface area contributed by atoms with Gasteiger partial charge in [0.05, 0.1) is 5.56 Å². The first-order valence-corrected chi connectivity index (χ1v) is 9.13. The number of carbonyl (C=O) groups is 2. The second-order valence-corrected chi connectivity index (χ2v) is 7.11. The molecule has 1 amide bonds. The Bertz CT molecular complexity index is 824. The minimum Gasteiger partial charge on any atom is -0.449 e. The zero-order chi connectivity index (χ0) is 20.1. The molecule has 1 aromatic carbocycles. The van der Waals surface area contributed by atoms with Crippen LogP contribution in [0.5, 0.6) is 0 Å². The van der Waals surface area contributed by atoms with Crippen molar-refractivity contribution in [3.05, 3.63) is 52.3 Å². The third-order valence-corrected chi connectivity index (χ3v) is 4.50. The Hall–Kier alpha value is -2.19. The van der Waals surface area contributed by atoms with Gasteiger partial charge in [0.2, 0.25) is 0 Å². The number of aromatic nitrogens is 1. The maximum Gasteiger partial charge on any atom is 0.342 e. The Balaban J connectivity index is 2.00. The summed E-state index contributed by atoms with van der Waals surface area (Å²) < 4.78 is 29.8. The van der Waals surface area contributed by atoms with Gasteiger partial charge in [0.25, 0.3) is 11.7 Å². The van der Waals surface area contributed by atoms with E-state index in [1.54, 1.807) is 19.9 Å². The predicted octanol–water partition coefficient (Wildman–Crippen LogP) is 4.85. The highest BCUT2D eigenvalue weighted by Crippen LogP contribution is 2.26. The fourth-order valence-electron chi connectivity index (χ4n) is 2.27. The van der Waals surface area contributed by atoms with E-state index >= 15 is 0 Å². The van der Waals surface area contributed by atoms with E-state index in [1.807, 2.05) is 0 Å². The maximum absolute atomic E-state index is 12.3. The number of nitrogens with one attached hydrogen (secondary N) is 1. The van der Waals surface area contributed by atoms with Gasteiger partial charge >= 0.3 is 5.97 Å². The van der Waals surface area contributed by atoms with E-state index in [9.17, 15) is 18.4 Å². The van der Waals surface area contributed by atoms with E-state index in [0.717, 1.165) is 0 Å². The topological polar surface area (TPSA) is 68.3 Å². The van der Waals surface area contributed by atoms with Crippen LogP contribution in [0, 0.1) is 13.8 Å². The lowest BCUT2D eigenvalue weighted by molar-refractivity contribution is -0.123. The van der Waals surface area contributed by atoms with Gasteiger partial charge in [-0.15, -0.1) is 0 Å². The molecule has 0 aliphatic heterocycles. The lowest BCUT2D eigenvalue weighted by atomic mass is 10.1. The van der Waals surface area contributed by atoms with Crippen molar-refractivity contribution in [2.24, 2.45) is 0 Å². The molecular formula is C18H17ClF2N2O3S. The predicted molar refractivity (Wildman–Crippen MR) is 101 cm³/mol. The van der Waals surface area contributed by atoms with Crippen LogP contribution in [-0.4, -0.2) is 28.7 Å². The smallest absolute Gasteiger partial charge is 0.342 e. The molecule has 0 saturated heterocycles. The number of esters is 1.